The molecule has 1 amide bonds. The second-order valence-corrected chi connectivity index (χ2v) is 7.41. The number of benzene rings is 2. The Bertz CT molecular complexity index is 983. The van der Waals surface area contributed by atoms with Crippen LogP contribution in [-0.2, 0) is 22.9 Å². The highest BCUT2D eigenvalue weighted by Crippen LogP contribution is 2.53. The van der Waals surface area contributed by atoms with Crippen molar-refractivity contribution < 1.29 is 27.5 Å². The molecule has 29 heavy (non-hydrogen) atoms. The number of ether oxygens (including phenoxy) is 1. The second-order valence-electron chi connectivity index (χ2n) is 7.41. The Labute approximate surface area is 165 Å². The van der Waals surface area contributed by atoms with Gasteiger partial charge in [-0.05, 0) is 36.6 Å². The summed E-state index contributed by atoms with van der Waals surface area (Å²) < 4.78 is 46.4. The molecule has 1 aliphatic carbocycles. The molecule has 2 aliphatic rings. The van der Waals surface area contributed by atoms with Gasteiger partial charge in [-0.15, -0.1) is 0 Å². The molecule has 1 unspecified atom stereocenters. The summed E-state index contributed by atoms with van der Waals surface area (Å²) in [5, 5.41) is 3.10. The van der Waals surface area contributed by atoms with Gasteiger partial charge in [-0.1, -0.05) is 24.3 Å². The Balaban J connectivity index is 1.67. The van der Waals surface area contributed by atoms with Crippen LogP contribution in [0.25, 0.3) is 0 Å². The largest absolute Gasteiger partial charge is 0.481 e. The average molecular weight is 404 g/mol. The molecule has 1 heterocycles. The van der Waals surface area contributed by atoms with Crippen LogP contribution in [0.1, 0.15) is 39.9 Å². The number of alkyl halides is 3. The predicted molar refractivity (Wildman–Crippen MR) is 98.4 cm³/mol. The van der Waals surface area contributed by atoms with E-state index < -0.39 is 29.2 Å². The molecule has 1 saturated carbocycles. The van der Waals surface area contributed by atoms with Gasteiger partial charge in [-0.3, -0.25) is 9.59 Å². The molecule has 2 aromatic carbocycles. The number of ketones is 1. The maximum absolute atomic E-state index is 13.5. The molecular weight excluding hydrogens is 385 g/mol. The van der Waals surface area contributed by atoms with Gasteiger partial charge >= 0.3 is 6.18 Å². The van der Waals surface area contributed by atoms with Gasteiger partial charge in [-0.2, -0.15) is 13.2 Å². The lowest BCUT2D eigenvalue weighted by Crippen LogP contribution is -2.42. The smallest absolute Gasteiger partial charge is 0.416 e. The summed E-state index contributed by atoms with van der Waals surface area (Å²) in [6.07, 6.45) is -4.83. The molecule has 1 atom stereocenters. The van der Waals surface area contributed by atoms with Gasteiger partial charge in [0.2, 0.25) is 5.91 Å². The summed E-state index contributed by atoms with van der Waals surface area (Å²) in [7, 11) is 0. The van der Waals surface area contributed by atoms with E-state index in [2.05, 4.69) is 5.32 Å². The van der Waals surface area contributed by atoms with Crippen molar-refractivity contribution in [3.63, 3.8) is 0 Å². The molecule has 152 valence electrons. The maximum atomic E-state index is 13.5. The number of amides is 1. The average Bonchev–Trinajstić information content (AvgIpc) is 3.50. The molecule has 5 nitrogen and oxygen atoms in total. The van der Waals surface area contributed by atoms with Gasteiger partial charge < -0.3 is 15.8 Å². The number of fused-ring (bicyclic) bond motifs is 1. The molecular formula is C21H19F3N2O3. The zero-order chi connectivity index (χ0) is 20.8. The summed E-state index contributed by atoms with van der Waals surface area (Å²) in [5.41, 5.74) is 4.29. The lowest BCUT2D eigenvalue weighted by Gasteiger charge is -2.25. The van der Waals surface area contributed by atoms with Crippen LogP contribution in [0, 0.1) is 0 Å². The lowest BCUT2D eigenvalue weighted by molar-refractivity contribution is -0.139. The van der Waals surface area contributed by atoms with E-state index in [4.69, 9.17) is 10.5 Å². The second kappa shape index (κ2) is 6.88. The van der Waals surface area contributed by atoms with E-state index in [-0.39, 0.29) is 23.5 Å². The first-order chi connectivity index (χ1) is 13.7. The van der Waals surface area contributed by atoms with Crippen molar-refractivity contribution in [2.75, 3.05) is 6.54 Å². The van der Waals surface area contributed by atoms with Gasteiger partial charge in [0.1, 0.15) is 5.75 Å². The molecule has 1 aliphatic heterocycles. The molecule has 0 saturated heterocycles. The maximum Gasteiger partial charge on any atom is 0.416 e. The molecule has 4 rings (SSSR count). The summed E-state index contributed by atoms with van der Waals surface area (Å²) in [5.74, 6) is -0.683. The standard InChI is InChI=1S/C21H19F3N2O3/c22-21(23,24)15-4-2-1-3-14(15)20(7-8-20)18(27)17-11-26-10-13-6-5-12(19(25)28)9-16(13)29-17/h1-6,9,17,26H,7-8,10-11H2,(H2,25,28). The van der Waals surface area contributed by atoms with Crippen LogP contribution in [0.4, 0.5) is 13.2 Å². The van der Waals surface area contributed by atoms with Gasteiger partial charge in [-0.25, -0.2) is 0 Å². The Morgan fingerprint density at radius 3 is 2.52 bits per heavy atom. The van der Waals surface area contributed by atoms with Crippen LogP contribution < -0.4 is 15.8 Å². The normalized spacial score (nSPS) is 20.2. The van der Waals surface area contributed by atoms with E-state index >= 15 is 0 Å². The molecule has 0 aromatic heterocycles. The Kier molecular flexibility index (Phi) is 4.61. The van der Waals surface area contributed by atoms with Crippen molar-refractivity contribution in [1.82, 2.24) is 5.32 Å². The lowest BCUT2D eigenvalue weighted by atomic mass is 9.85. The number of nitrogens with one attached hydrogen (secondary N) is 1. The number of carbonyl (C=O) groups excluding carboxylic acids is 2. The van der Waals surface area contributed by atoms with Crippen molar-refractivity contribution in [3.8, 4) is 5.75 Å². The first kappa shape index (κ1) is 19.4. The number of carbonyl (C=O) groups is 2. The highest BCUT2D eigenvalue weighted by molar-refractivity contribution is 5.97. The van der Waals surface area contributed by atoms with Gasteiger partial charge in [0.15, 0.2) is 11.9 Å². The van der Waals surface area contributed by atoms with E-state index in [0.717, 1.165) is 11.6 Å². The molecule has 0 bridgehead atoms. The first-order valence-electron chi connectivity index (χ1n) is 9.23. The Hall–Kier alpha value is -2.87. The SMILES string of the molecule is NC(=O)c1ccc2c(c1)OC(C(=O)C1(c3ccccc3C(F)(F)F)CC1)CNC2. The van der Waals surface area contributed by atoms with Crippen molar-refractivity contribution in [3.05, 3.63) is 64.7 Å². The summed E-state index contributed by atoms with van der Waals surface area (Å²) in [6.45, 7) is 0.569. The van der Waals surface area contributed by atoms with Crippen LogP contribution in [0.15, 0.2) is 42.5 Å². The monoisotopic (exact) mass is 404 g/mol. The van der Waals surface area contributed by atoms with Crippen molar-refractivity contribution in [2.45, 2.75) is 37.1 Å². The minimum Gasteiger partial charge on any atom is -0.481 e. The Morgan fingerprint density at radius 1 is 1.14 bits per heavy atom. The van der Waals surface area contributed by atoms with Gasteiger partial charge in [0, 0.05) is 24.2 Å². The van der Waals surface area contributed by atoms with Crippen LogP contribution in [0.2, 0.25) is 0 Å². The van der Waals surface area contributed by atoms with E-state index in [1.54, 1.807) is 12.1 Å². The van der Waals surface area contributed by atoms with Crippen molar-refractivity contribution in [2.24, 2.45) is 5.73 Å². The highest BCUT2D eigenvalue weighted by Gasteiger charge is 2.56. The third-order valence-corrected chi connectivity index (χ3v) is 5.53. The summed E-state index contributed by atoms with van der Waals surface area (Å²) >= 11 is 0. The fourth-order valence-electron chi connectivity index (χ4n) is 3.87. The van der Waals surface area contributed by atoms with Crippen molar-refractivity contribution >= 4 is 11.7 Å². The number of rotatable bonds is 4. The highest BCUT2D eigenvalue weighted by atomic mass is 19.4. The van der Waals surface area contributed by atoms with Crippen LogP contribution in [0.5, 0.6) is 5.75 Å². The first-order valence-corrected chi connectivity index (χ1v) is 9.23. The minimum absolute atomic E-state index is 0.00328. The molecule has 0 radical (unpaired) electrons. The summed E-state index contributed by atoms with van der Waals surface area (Å²) in [4.78, 5) is 24.8. The van der Waals surface area contributed by atoms with E-state index in [0.29, 0.717) is 25.1 Å². The topological polar surface area (TPSA) is 81.4 Å². The van der Waals surface area contributed by atoms with Gasteiger partial charge in [0.05, 0.1) is 11.0 Å². The third-order valence-electron chi connectivity index (χ3n) is 5.53. The number of hydrogen-bond donors (Lipinski definition) is 2. The van der Waals surface area contributed by atoms with Gasteiger partial charge in [0.25, 0.3) is 0 Å². The third kappa shape index (κ3) is 3.48. The molecule has 3 N–H and O–H groups in total. The number of Topliss-reactive ketones (excluding diaryl/α,β-unsaturated/α-hetero) is 1. The Morgan fingerprint density at radius 2 is 1.86 bits per heavy atom. The number of nitrogens with two attached hydrogens (primary N) is 1. The van der Waals surface area contributed by atoms with Crippen LogP contribution in [-0.4, -0.2) is 24.3 Å². The van der Waals surface area contributed by atoms with Crippen LogP contribution >= 0.6 is 0 Å². The zero-order valence-corrected chi connectivity index (χ0v) is 15.4. The minimum atomic E-state index is -4.54. The van der Waals surface area contributed by atoms with Crippen LogP contribution in [0.3, 0.4) is 0 Å². The molecule has 2 aromatic rings. The molecule has 1 fully saturated rings. The predicted octanol–water partition coefficient (Wildman–Crippen LogP) is 2.96. The fourth-order valence-corrected chi connectivity index (χ4v) is 3.87. The summed E-state index contributed by atoms with van der Waals surface area (Å²) in [6, 6.07) is 9.92. The quantitative estimate of drug-likeness (QED) is 0.821. The van der Waals surface area contributed by atoms with Crippen molar-refractivity contribution in [1.29, 1.82) is 0 Å². The number of halogens is 3. The van der Waals surface area contributed by atoms with E-state index in [9.17, 15) is 22.8 Å². The number of hydrogen-bond acceptors (Lipinski definition) is 4. The molecule has 8 heteroatoms. The fraction of sp³-hybridized carbons (Fsp3) is 0.333. The number of primary amides is 1. The zero-order valence-electron chi connectivity index (χ0n) is 15.4. The molecule has 0 spiro atoms. The van der Waals surface area contributed by atoms with E-state index in [1.165, 1.54) is 24.3 Å². The van der Waals surface area contributed by atoms with E-state index in [1.807, 2.05) is 0 Å².